The first kappa shape index (κ1) is 17.3. The highest BCUT2D eigenvalue weighted by molar-refractivity contribution is 5.90. The van der Waals surface area contributed by atoms with E-state index >= 15 is 0 Å². The van der Waals surface area contributed by atoms with E-state index in [1.807, 2.05) is 24.3 Å². The van der Waals surface area contributed by atoms with Gasteiger partial charge in [0, 0.05) is 24.5 Å². The van der Waals surface area contributed by atoms with Crippen molar-refractivity contribution in [3.8, 4) is 0 Å². The van der Waals surface area contributed by atoms with E-state index in [0.29, 0.717) is 0 Å². The van der Waals surface area contributed by atoms with Gasteiger partial charge in [0.15, 0.2) is 0 Å². The highest BCUT2D eigenvalue weighted by Crippen LogP contribution is 2.33. The number of carbonyl (C=O) groups excluding carboxylic acids is 1. The van der Waals surface area contributed by atoms with Crippen molar-refractivity contribution in [2.45, 2.75) is 24.9 Å². The first-order valence-corrected chi connectivity index (χ1v) is 8.23. The van der Waals surface area contributed by atoms with E-state index in [-0.39, 0.29) is 18.7 Å². The van der Waals surface area contributed by atoms with Crippen molar-refractivity contribution < 1.29 is 15.1 Å². The van der Waals surface area contributed by atoms with Crippen LogP contribution in [0.25, 0.3) is 6.08 Å². The van der Waals surface area contributed by atoms with Crippen LogP contribution in [0.5, 0.6) is 0 Å². The first-order chi connectivity index (χ1) is 12.2. The molecule has 0 saturated heterocycles. The fraction of sp³-hybridized carbons (Fsp3) is 0.263. The zero-order valence-electron chi connectivity index (χ0n) is 13.7. The van der Waals surface area contributed by atoms with Crippen LogP contribution in [0.2, 0.25) is 0 Å². The fourth-order valence-electron chi connectivity index (χ4n) is 3.20. The number of aliphatic hydroxyl groups excluding tert-OH is 1. The van der Waals surface area contributed by atoms with Crippen molar-refractivity contribution >= 4 is 12.0 Å². The minimum Gasteiger partial charge on any atom is -0.394 e. The highest BCUT2D eigenvalue weighted by atomic mass is 16.5. The minimum atomic E-state index is -0.553. The Labute approximate surface area is 146 Å². The summed E-state index contributed by atoms with van der Waals surface area (Å²) in [6.07, 6.45) is 8.33. The number of aromatic nitrogens is 1. The number of carbonyl (C=O) groups is 1. The number of fused-ring (bicyclic) bond motifs is 1. The Morgan fingerprint density at radius 3 is 3.00 bits per heavy atom. The molecule has 0 bridgehead atoms. The topological polar surface area (TPSA) is 94.5 Å². The molecule has 0 saturated carbocycles. The molecule has 130 valence electrons. The number of aliphatic hydroxyl groups is 1. The molecule has 0 radical (unpaired) electrons. The van der Waals surface area contributed by atoms with Crippen LogP contribution in [0.1, 0.15) is 40.8 Å². The predicted octanol–water partition coefficient (Wildman–Crippen LogP) is 1.91. The van der Waals surface area contributed by atoms with Gasteiger partial charge in [-0.25, -0.2) is 5.48 Å². The van der Waals surface area contributed by atoms with Crippen molar-refractivity contribution in [3.63, 3.8) is 0 Å². The average Bonchev–Trinajstić information content (AvgIpc) is 3.06. The molecule has 1 aromatic carbocycles. The number of hydrogen-bond acceptors (Lipinski definition) is 5. The van der Waals surface area contributed by atoms with Crippen molar-refractivity contribution in [1.82, 2.24) is 15.8 Å². The number of pyridine rings is 1. The second-order valence-electron chi connectivity index (χ2n) is 6.05. The molecule has 0 spiro atoms. The quantitative estimate of drug-likeness (QED) is 0.366. The summed E-state index contributed by atoms with van der Waals surface area (Å²) in [6.45, 7) is 0.00855. The lowest BCUT2D eigenvalue weighted by molar-refractivity contribution is -0.124. The van der Waals surface area contributed by atoms with Crippen LogP contribution in [0.15, 0.2) is 48.8 Å². The largest absolute Gasteiger partial charge is 0.394 e. The Hall–Kier alpha value is -2.54. The number of aryl methyl sites for hydroxylation is 1. The fourth-order valence-corrected chi connectivity index (χ4v) is 3.20. The third-order valence-electron chi connectivity index (χ3n) is 4.45. The van der Waals surface area contributed by atoms with E-state index in [2.05, 4.69) is 16.4 Å². The molecule has 0 fully saturated rings. The molecule has 1 heterocycles. The van der Waals surface area contributed by atoms with Crippen LogP contribution in [0.4, 0.5) is 0 Å². The van der Waals surface area contributed by atoms with Gasteiger partial charge in [0.05, 0.1) is 12.6 Å². The number of nitrogens with one attached hydrogen (secondary N) is 2. The standard InChI is InChI=1S/C19H21N3O3/c23-12-18(15-2-1-9-20-11-15)21-17-7-5-14-10-13(3-6-16(14)17)4-8-19(24)22-25/h1-4,6,8-11,17-18,21,23,25H,5,7,12H2,(H,22,24). The van der Waals surface area contributed by atoms with Crippen LogP contribution < -0.4 is 10.8 Å². The normalized spacial score (nSPS) is 17.4. The molecule has 1 aliphatic carbocycles. The van der Waals surface area contributed by atoms with Gasteiger partial charge < -0.3 is 10.4 Å². The SMILES string of the molecule is O=C(C=Cc1ccc2c(c1)CCC2NC(CO)c1cccnc1)NO. The summed E-state index contributed by atoms with van der Waals surface area (Å²) >= 11 is 0. The van der Waals surface area contributed by atoms with Crippen molar-refractivity contribution in [1.29, 1.82) is 0 Å². The van der Waals surface area contributed by atoms with Gasteiger partial charge in [-0.1, -0.05) is 24.3 Å². The molecule has 2 aromatic rings. The second kappa shape index (κ2) is 8.02. The molecule has 2 atom stereocenters. The van der Waals surface area contributed by atoms with Crippen LogP contribution in [-0.4, -0.2) is 27.8 Å². The predicted molar refractivity (Wildman–Crippen MR) is 93.7 cm³/mol. The number of rotatable bonds is 6. The summed E-state index contributed by atoms with van der Waals surface area (Å²) in [5.41, 5.74) is 5.89. The van der Waals surface area contributed by atoms with Gasteiger partial charge >= 0.3 is 0 Å². The van der Waals surface area contributed by atoms with E-state index in [1.165, 1.54) is 17.2 Å². The maximum atomic E-state index is 11.1. The maximum absolute atomic E-state index is 11.1. The third-order valence-corrected chi connectivity index (χ3v) is 4.45. The zero-order chi connectivity index (χ0) is 17.6. The third kappa shape index (κ3) is 4.11. The molecule has 6 heteroatoms. The van der Waals surface area contributed by atoms with Gasteiger partial charge in [0.2, 0.25) is 0 Å². The Bertz CT molecular complexity index is 762. The van der Waals surface area contributed by atoms with Crippen molar-refractivity contribution in [2.75, 3.05) is 6.61 Å². The minimum absolute atomic E-state index is 0.00855. The molecule has 2 unspecified atom stereocenters. The number of amides is 1. The Balaban J connectivity index is 1.73. The Morgan fingerprint density at radius 2 is 2.28 bits per heavy atom. The van der Waals surface area contributed by atoms with Gasteiger partial charge in [-0.2, -0.15) is 0 Å². The van der Waals surface area contributed by atoms with E-state index in [0.717, 1.165) is 24.0 Å². The molecule has 1 amide bonds. The monoisotopic (exact) mass is 339 g/mol. The van der Waals surface area contributed by atoms with E-state index in [1.54, 1.807) is 23.9 Å². The molecule has 6 nitrogen and oxygen atoms in total. The Morgan fingerprint density at radius 1 is 1.40 bits per heavy atom. The highest BCUT2D eigenvalue weighted by Gasteiger charge is 2.25. The summed E-state index contributed by atoms with van der Waals surface area (Å²) in [6, 6.07) is 9.88. The number of benzene rings is 1. The lowest BCUT2D eigenvalue weighted by Crippen LogP contribution is -2.27. The molecule has 1 aromatic heterocycles. The second-order valence-corrected chi connectivity index (χ2v) is 6.05. The lowest BCUT2D eigenvalue weighted by atomic mass is 10.0. The summed E-state index contributed by atoms with van der Waals surface area (Å²) in [5.74, 6) is -0.553. The van der Waals surface area contributed by atoms with Crippen LogP contribution in [0, 0.1) is 0 Å². The summed E-state index contributed by atoms with van der Waals surface area (Å²) < 4.78 is 0. The Kier molecular flexibility index (Phi) is 5.55. The van der Waals surface area contributed by atoms with Crippen molar-refractivity contribution in [2.24, 2.45) is 0 Å². The van der Waals surface area contributed by atoms with Gasteiger partial charge in [0.1, 0.15) is 0 Å². The van der Waals surface area contributed by atoms with Gasteiger partial charge in [-0.05, 0) is 47.2 Å². The average molecular weight is 339 g/mol. The molecule has 4 N–H and O–H groups in total. The number of hydroxylamine groups is 1. The molecule has 3 rings (SSSR count). The molecular formula is C19H21N3O3. The lowest BCUT2D eigenvalue weighted by Gasteiger charge is -2.22. The first-order valence-electron chi connectivity index (χ1n) is 8.23. The van der Waals surface area contributed by atoms with Crippen LogP contribution >= 0.6 is 0 Å². The van der Waals surface area contributed by atoms with Gasteiger partial charge in [0.25, 0.3) is 5.91 Å². The van der Waals surface area contributed by atoms with Gasteiger partial charge in [-0.3, -0.25) is 15.0 Å². The van der Waals surface area contributed by atoms with E-state index in [9.17, 15) is 9.90 Å². The molecule has 25 heavy (non-hydrogen) atoms. The zero-order valence-corrected chi connectivity index (χ0v) is 13.7. The number of nitrogens with zero attached hydrogens (tertiary/aromatic N) is 1. The van der Waals surface area contributed by atoms with E-state index < -0.39 is 5.91 Å². The van der Waals surface area contributed by atoms with Crippen molar-refractivity contribution in [3.05, 3.63) is 71.1 Å². The molecular weight excluding hydrogens is 318 g/mol. The smallest absolute Gasteiger partial charge is 0.267 e. The summed E-state index contributed by atoms with van der Waals surface area (Å²) in [5, 5.41) is 21.8. The maximum Gasteiger partial charge on any atom is 0.267 e. The number of hydrogen-bond donors (Lipinski definition) is 4. The van der Waals surface area contributed by atoms with Crippen LogP contribution in [-0.2, 0) is 11.2 Å². The van der Waals surface area contributed by atoms with E-state index in [4.69, 9.17) is 5.21 Å². The molecule has 0 aliphatic heterocycles. The van der Waals surface area contributed by atoms with Crippen LogP contribution in [0.3, 0.4) is 0 Å². The van der Waals surface area contributed by atoms with Gasteiger partial charge in [-0.15, -0.1) is 0 Å². The summed E-state index contributed by atoms with van der Waals surface area (Å²) in [7, 11) is 0. The molecule has 1 aliphatic rings. The summed E-state index contributed by atoms with van der Waals surface area (Å²) in [4.78, 5) is 15.2.